The lowest BCUT2D eigenvalue weighted by atomic mass is 10.0. The Morgan fingerprint density at radius 1 is 1.14 bits per heavy atom. The Morgan fingerprint density at radius 2 is 1.86 bits per heavy atom. The highest BCUT2D eigenvalue weighted by Crippen LogP contribution is 2.37. The van der Waals surface area contributed by atoms with Crippen molar-refractivity contribution in [1.82, 2.24) is 14.9 Å². The molecule has 2 aromatic carbocycles. The van der Waals surface area contributed by atoms with Crippen LogP contribution in [0.25, 0.3) is 0 Å². The molecule has 4 rings (SSSR count). The molecule has 1 aliphatic rings. The van der Waals surface area contributed by atoms with E-state index in [4.69, 9.17) is 0 Å². The molecule has 0 aliphatic carbocycles. The lowest BCUT2D eigenvalue weighted by Crippen LogP contribution is -2.41. The fraction of sp³-hybridized carbons (Fsp3) is 0.318. The van der Waals surface area contributed by atoms with Crippen molar-refractivity contribution >= 4 is 23.4 Å². The molecular formula is C22H25N5OS. The van der Waals surface area contributed by atoms with E-state index in [9.17, 15) is 4.79 Å². The standard InChI is InChI=1S/C22H25N5OS/c1-4-8-18-24-25-22-27(18)26-19(16-9-6-5-7-10-16)20(29-22)21(28)23-17-12-14(2)11-15(3)13-17/h5-7,9-13,19-20,26H,4,8H2,1-3H3,(H,23,28)/t19-,20-/m1/s1. The van der Waals surface area contributed by atoms with Crippen molar-refractivity contribution in [3.05, 3.63) is 71.0 Å². The van der Waals surface area contributed by atoms with E-state index in [1.165, 1.54) is 11.8 Å². The predicted molar refractivity (Wildman–Crippen MR) is 117 cm³/mol. The van der Waals surface area contributed by atoms with Gasteiger partial charge in [-0.1, -0.05) is 55.1 Å². The second-order valence-electron chi connectivity index (χ2n) is 7.41. The maximum atomic E-state index is 13.3. The van der Waals surface area contributed by atoms with E-state index in [0.29, 0.717) is 0 Å². The third kappa shape index (κ3) is 4.15. The lowest BCUT2D eigenvalue weighted by Gasteiger charge is -2.33. The summed E-state index contributed by atoms with van der Waals surface area (Å²) in [5.41, 5.74) is 7.62. The molecule has 0 spiro atoms. The summed E-state index contributed by atoms with van der Waals surface area (Å²) in [6, 6.07) is 16.0. The highest BCUT2D eigenvalue weighted by molar-refractivity contribution is 8.00. The van der Waals surface area contributed by atoms with Gasteiger partial charge in [0.1, 0.15) is 5.25 Å². The van der Waals surface area contributed by atoms with E-state index in [1.807, 2.05) is 61.0 Å². The molecule has 2 heterocycles. The molecule has 2 N–H and O–H groups in total. The Labute approximate surface area is 175 Å². The molecular weight excluding hydrogens is 382 g/mol. The number of hydrogen-bond acceptors (Lipinski definition) is 5. The van der Waals surface area contributed by atoms with Gasteiger partial charge in [-0.05, 0) is 49.1 Å². The number of nitrogens with zero attached hydrogens (tertiary/aromatic N) is 3. The van der Waals surface area contributed by atoms with Gasteiger partial charge in [0.15, 0.2) is 5.82 Å². The minimum absolute atomic E-state index is 0.0485. The van der Waals surface area contributed by atoms with Crippen LogP contribution in [0.4, 0.5) is 5.69 Å². The molecule has 0 saturated carbocycles. The molecule has 0 fully saturated rings. The van der Waals surface area contributed by atoms with Crippen LogP contribution in [-0.2, 0) is 11.2 Å². The van der Waals surface area contributed by atoms with Crippen molar-refractivity contribution in [2.45, 2.75) is 50.1 Å². The Bertz CT molecular complexity index is 997. The first kappa shape index (κ1) is 19.5. The van der Waals surface area contributed by atoms with Gasteiger partial charge >= 0.3 is 0 Å². The molecule has 0 saturated heterocycles. The summed E-state index contributed by atoms with van der Waals surface area (Å²) in [6.07, 6.45) is 1.82. The summed E-state index contributed by atoms with van der Waals surface area (Å²) in [4.78, 5) is 13.3. The van der Waals surface area contributed by atoms with E-state index < -0.39 is 0 Å². The van der Waals surface area contributed by atoms with Crippen molar-refractivity contribution in [3.8, 4) is 0 Å². The highest BCUT2D eigenvalue weighted by Gasteiger charge is 2.37. The van der Waals surface area contributed by atoms with E-state index in [1.54, 1.807) is 0 Å². The van der Waals surface area contributed by atoms with Crippen LogP contribution in [-0.4, -0.2) is 26.0 Å². The quantitative estimate of drug-likeness (QED) is 0.662. The molecule has 6 nitrogen and oxygen atoms in total. The minimum Gasteiger partial charge on any atom is -0.325 e. The molecule has 1 amide bonds. The van der Waals surface area contributed by atoms with E-state index >= 15 is 0 Å². The first-order valence-electron chi connectivity index (χ1n) is 9.86. The van der Waals surface area contributed by atoms with Crippen molar-refractivity contribution in [2.75, 3.05) is 10.7 Å². The van der Waals surface area contributed by atoms with Crippen molar-refractivity contribution in [2.24, 2.45) is 0 Å². The summed E-state index contributed by atoms with van der Waals surface area (Å²) in [6.45, 7) is 6.18. The third-order valence-corrected chi connectivity index (χ3v) is 6.10. The lowest BCUT2D eigenvalue weighted by molar-refractivity contribution is -0.116. The number of anilines is 1. The Balaban J connectivity index is 1.66. The normalized spacial score (nSPS) is 18.0. The average molecular weight is 408 g/mol. The summed E-state index contributed by atoms with van der Waals surface area (Å²) >= 11 is 1.46. The number of rotatable bonds is 5. The molecule has 2 atom stereocenters. The van der Waals surface area contributed by atoms with Crippen LogP contribution in [0, 0.1) is 13.8 Å². The Hall–Kier alpha value is -2.80. The van der Waals surface area contributed by atoms with Crippen molar-refractivity contribution in [1.29, 1.82) is 0 Å². The number of hydrogen-bond donors (Lipinski definition) is 2. The van der Waals surface area contributed by atoms with Crippen LogP contribution in [0.3, 0.4) is 0 Å². The molecule has 3 aromatic rings. The number of aromatic nitrogens is 3. The van der Waals surface area contributed by atoms with Gasteiger partial charge in [0.2, 0.25) is 11.1 Å². The number of nitrogens with one attached hydrogen (secondary N) is 2. The number of fused-ring (bicyclic) bond motifs is 1. The highest BCUT2D eigenvalue weighted by atomic mass is 32.2. The number of carbonyl (C=O) groups excluding carboxylic acids is 1. The van der Waals surface area contributed by atoms with E-state index in [-0.39, 0.29) is 17.2 Å². The summed E-state index contributed by atoms with van der Waals surface area (Å²) < 4.78 is 1.94. The monoisotopic (exact) mass is 407 g/mol. The largest absolute Gasteiger partial charge is 0.325 e. The zero-order valence-electron chi connectivity index (χ0n) is 16.8. The fourth-order valence-corrected chi connectivity index (χ4v) is 4.75. The van der Waals surface area contributed by atoms with Gasteiger partial charge in [0, 0.05) is 12.1 Å². The number of carbonyl (C=O) groups is 1. The molecule has 0 unspecified atom stereocenters. The number of amides is 1. The molecule has 1 aromatic heterocycles. The fourth-order valence-electron chi connectivity index (χ4n) is 3.65. The first-order chi connectivity index (χ1) is 14.0. The average Bonchev–Trinajstić information content (AvgIpc) is 3.09. The van der Waals surface area contributed by atoms with Crippen molar-refractivity contribution in [3.63, 3.8) is 0 Å². The van der Waals surface area contributed by atoms with E-state index in [2.05, 4.69) is 33.9 Å². The molecule has 0 bridgehead atoms. The number of thioether (sulfide) groups is 1. The second-order valence-corrected chi connectivity index (χ2v) is 8.51. The maximum Gasteiger partial charge on any atom is 0.240 e. The van der Waals surface area contributed by atoms with Crippen LogP contribution in [0.15, 0.2) is 53.7 Å². The van der Waals surface area contributed by atoms with Gasteiger partial charge in [-0.25, -0.2) is 4.68 Å². The van der Waals surface area contributed by atoms with Crippen LogP contribution in [0.1, 0.15) is 41.9 Å². The second kappa shape index (κ2) is 8.29. The topological polar surface area (TPSA) is 71.8 Å². The zero-order valence-corrected chi connectivity index (χ0v) is 17.7. The van der Waals surface area contributed by atoms with Crippen molar-refractivity contribution < 1.29 is 4.79 Å². The first-order valence-corrected chi connectivity index (χ1v) is 10.7. The van der Waals surface area contributed by atoms with Gasteiger partial charge in [-0.3, -0.25) is 4.79 Å². The number of benzene rings is 2. The Kier molecular flexibility index (Phi) is 5.58. The maximum absolute atomic E-state index is 13.3. The summed E-state index contributed by atoms with van der Waals surface area (Å²) in [7, 11) is 0. The predicted octanol–water partition coefficient (Wildman–Crippen LogP) is 4.25. The molecule has 7 heteroatoms. The van der Waals surface area contributed by atoms with E-state index in [0.717, 1.165) is 46.2 Å². The molecule has 29 heavy (non-hydrogen) atoms. The summed E-state index contributed by atoms with van der Waals surface area (Å²) in [5, 5.41) is 12.1. The third-order valence-electron chi connectivity index (χ3n) is 4.88. The van der Waals surface area contributed by atoms with Gasteiger partial charge < -0.3 is 10.7 Å². The van der Waals surface area contributed by atoms with Crippen LogP contribution in [0.2, 0.25) is 0 Å². The summed E-state index contributed by atoms with van der Waals surface area (Å²) in [5.74, 6) is 0.844. The Morgan fingerprint density at radius 3 is 2.55 bits per heavy atom. The molecule has 150 valence electrons. The van der Waals surface area contributed by atoms with Gasteiger partial charge in [-0.2, -0.15) is 0 Å². The van der Waals surface area contributed by atoms with Gasteiger partial charge in [0.05, 0.1) is 6.04 Å². The minimum atomic E-state index is -0.371. The zero-order chi connectivity index (χ0) is 20.4. The molecule has 1 aliphatic heterocycles. The van der Waals surface area contributed by atoms with Crippen LogP contribution in [0.5, 0.6) is 0 Å². The van der Waals surface area contributed by atoms with Crippen LogP contribution < -0.4 is 10.7 Å². The van der Waals surface area contributed by atoms with Crippen LogP contribution >= 0.6 is 11.8 Å². The molecule has 0 radical (unpaired) electrons. The smallest absolute Gasteiger partial charge is 0.240 e. The SMILES string of the molecule is CCCc1nnc2n1N[C@H](c1ccccc1)[C@H](C(=O)Nc1cc(C)cc(C)c1)S2. The van der Waals surface area contributed by atoms with Gasteiger partial charge in [-0.15, -0.1) is 10.2 Å². The number of aryl methyl sites for hydroxylation is 3. The van der Waals surface area contributed by atoms with Gasteiger partial charge in [0.25, 0.3) is 0 Å².